The number of benzene rings is 1. The second-order valence-electron chi connectivity index (χ2n) is 5.58. The third-order valence-corrected chi connectivity index (χ3v) is 4.87. The largest absolute Gasteiger partial charge is 0.467 e. The zero-order chi connectivity index (χ0) is 19.1. The lowest BCUT2D eigenvalue weighted by Crippen LogP contribution is -2.39. The van der Waals surface area contributed by atoms with E-state index in [2.05, 4.69) is 15.3 Å². The highest BCUT2D eigenvalue weighted by Crippen LogP contribution is 2.23. The van der Waals surface area contributed by atoms with E-state index in [1.807, 2.05) is 13.0 Å². The number of esters is 1. The first-order valence-electron chi connectivity index (χ1n) is 8.12. The number of carbonyl (C=O) groups excluding carboxylic acids is 2. The number of H-pyrrole nitrogens is 1. The van der Waals surface area contributed by atoms with E-state index < -0.39 is 17.3 Å². The summed E-state index contributed by atoms with van der Waals surface area (Å²) in [4.78, 5) is 43.2. The summed E-state index contributed by atoms with van der Waals surface area (Å²) < 4.78 is 4.81. The molecule has 2 atom stereocenters. The number of carbonyl (C=O) groups is 2. The molecule has 2 N–H and O–H groups in total. The van der Waals surface area contributed by atoms with Crippen LogP contribution >= 0.6 is 11.8 Å². The fraction of sp³-hybridized carbons (Fsp3) is 0.333. The maximum atomic E-state index is 12.7. The maximum Gasteiger partial charge on any atom is 0.333 e. The normalized spacial score (nSPS) is 12.9. The number of ether oxygens (including phenoxy) is 1. The van der Waals surface area contributed by atoms with Crippen molar-refractivity contribution in [3.05, 3.63) is 58.0 Å². The molecule has 0 spiro atoms. The Morgan fingerprint density at radius 1 is 1.31 bits per heavy atom. The van der Waals surface area contributed by atoms with Gasteiger partial charge in [0.2, 0.25) is 5.91 Å². The molecule has 0 saturated heterocycles. The molecule has 0 aliphatic heterocycles. The van der Waals surface area contributed by atoms with Gasteiger partial charge in [0.15, 0.2) is 11.2 Å². The van der Waals surface area contributed by atoms with Gasteiger partial charge in [0, 0.05) is 11.8 Å². The summed E-state index contributed by atoms with van der Waals surface area (Å²) in [5, 5.41) is 2.58. The molecule has 1 aromatic carbocycles. The van der Waals surface area contributed by atoms with Gasteiger partial charge in [0.05, 0.1) is 12.4 Å². The Kier molecular flexibility index (Phi) is 6.97. The van der Waals surface area contributed by atoms with Gasteiger partial charge < -0.3 is 15.0 Å². The van der Waals surface area contributed by atoms with Crippen LogP contribution in [0.5, 0.6) is 0 Å². The van der Waals surface area contributed by atoms with Crippen LogP contribution in [-0.2, 0) is 14.3 Å². The van der Waals surface area contributed by atoms with Crippen LogP contribution in [0.4, 0.5) is 0 Å². The summed E-state index contributed by atoms with van der Waals surface area (Å²) in [6, 6.07) is 9.37. The van der Waals surface area contributed by atoms with Crippen molar-refractivity contribution < 1.29 is 14.3 Å². The van der Waals surface area contributed by atoms with Crippen molar-refractivity contribution in [2.75, 3.05) is 7.11 Å². The quantitative estimate of drug-likeness (QED) is 0.436. The van der Waals surface area contributed by atoms with E-state index in [9.17, 15) is 14.4 Å². The van der Waals surface area contributed by atoms with Gasteiger partial charge in [-0.25, -0.2) is 9.78 Å². The van der Waals surface area contributed by atoms with E-state index in [-0.39, 0.29) is 11.5 Å². The van der Waals surface area contributed by atoms with E-state index in [0.717, 1.165) is 11.8 Å². The van der Waals surface area contributed by atoms with Gasteiger partial charge in [-0.05, 0) is 18.9 Å². The predicted molar refractivity (Wildman–Crippen MR) is 98.9 cm³/mol. The van der Waals surface area contributed by atoms with Crippen LogP contribution in [0.25, 0.3) is 0 Å². The van der Waals surface area contributed by atoms with Crippen molar-refractivity contribution in [3.63, 3.8) is 0 Å². The number of nitrogens with zero attached hydrogens (tertiary/aromatic N) is 1. The molecule has 0 fully saturated rings. The van der Waals surface area contributed by atoms with Crippen LogP contribution in [0.15, 0.2) is 46.3 Å². The number of aryl methyl sites for hydroxylation is 1. The van der Waals surface area contributed by atoms with Crippen molar-refractivity contribution >= 4 is 23.6 Å². The maximum absolute atomic E-state index is 12.7. The molecule has 138 valence electrons. The number of aromatic amines is 1. The number of thioether (sulfide) groups is 1. The number of methoxy groups -OCH3 is 1. The van der Waals surface area contributed by atoms with Gasteiger partial charge in [0.1, 0.15) is 0 Å². The van der Waals surface area contributed by atoms with Crippen LogP contribution in [0, 0.1) is 6.92 Å². The number of nitrogens with one attached hydrogen (secondary N) is 2. The van der Waals surface area contributed by atoms with Crippen molar-refractivity contribution in [1.82, 2.24) is 15.3 Å². The Hall–Kier alpha value is -2.61. The minimum absolute atomic E-state index is 0.271. The summed E-state index contributed by atoms with van der Waals surface area (Å²) in [6.07, 6.45) is 0.497. The first-order valence-corrected chi connectivity index (χ1v) is 9.00. The summed E-state index contributed by atoms with van der Waals surface area (Å²) in [5.41, 5.74) is 0.935. The van der Waals surface area contributed by atoms with Crippen LogP contribution in [0.2, 0.25) is 0 Å². The summed E-state index contributed by atoms with van der Waals surface area (Å²) in [6.45, 7) is 3.56. The van der Waals surface area contributed by atoms with E-state index in [4.69, 9.17) is 4.74 Å². The fourth-order valence-electron chi connectivity index (χ4n) is 2.34. The molecular formula is C18H21N3O4S. The molecule has 26 heavy (non-hydrogen) atoms. The first kappa shape index (κ1) is 19.7. The zero-order valence-corrected chi connectivity index (χ0v) is 15.6. The van der Waals surface area contributed by atoms with Crippen molar-refractivity contribution in [3.8, 4) is 0 Å². The lowest BCUT2D eigenvalue weighted by molar-refractivity contribution is -0.145. The van der Waals surface area contributed by atoms with Crippen molar-refractivity contribution in [1.29, 1.82) is 0 Å². The molecule has 0 bridgehead atoms. The molecule has 8 heteroatoms. The average molecular weight is 375 g/mol. The lowest BCUT2D eigenvalue weighted by Gasteiger charge is -2.20. The standard InChI is InChI=1S/C18H21N3O4S/c1-4-13(26-18-19-11(2)10-14(22)20-18)16(23)21-15(17(24)25-3)12-8-6-5-7-9-12/h5-10,13,15H,4H2,1-3H3,(H,21,23)(H,19,20,22). The zero-order valence-electron chi connectivity index (χ0n) is 14.8. The van der Waals surface area contributed by atoms with E-state index in [0.29, 0.717) is 22.8 Å². The molecule has 1 aromatic heterocycles. The second-order valence-corrected chi connectivity index (χ2v) is 6.77. The highest BCUT2D eigenvalue weighted by Gasteiger charge is 2.27. The van der Waals surface area contributed by atoms with Gasteiger partial charge in [-0.2, -0.15) is 0 Å². The molecule has 2 rings (SSSR count). The molecule has 7 nitrogen and oxygen atoms in total. The monoisotopic (exact) mass is 375 g/mol. The number of hydrogen-bond donors (Lipinski definition) is 2. The molecule has 2 aromatic rings. The summed E-state index contributed by atoms with van der Waals surface area (Å²) >= 11 is 1.15. The van der Waals surface area contributed by atoms with E-state index in [1.165, 1.54) is 13.2 Å². The molecule has 1 amide bonds. The fourth-order valence-corrected chi connectivity index (χ4v) is 3.31. The molecule has 0 radical (unpaired) electrons. The molecular weight excluding hydrogens is 354 g/mol. The SMILES string of the molecule is CCC(Sc1nc(C)cc(=O)[nH]1)C(=O)NC(C(=O)OC)c1ccccc1. The Morgan fingerprint density at radius 3 is 2.58 bits per heavy atom. The average Bonchev–Trinajstić information content (AvgIpc) is 2.63. The smallest absolute Gasteiger partial charge is 0.333 e. The van der Waals surface area contributed by atoms with Crippen LogP contribution < -0.4 is 10.9 Å². The molecule has 1 heterocycles. The Morgan fingerprint density at radius 2 is 2.00 bits per heavy atom. The summed E-state index contributed by atoms with van der Waals surface area (Å²) in [7, 11) is 1.28. The van der Waals surface area contributed by atoms with E-state index in [1.54, 1.807) is 31.2 Å². The highest BCUT2D eigenvalue weighted by molar-refractivity contribution is 8.00. The Balaban J connectivity index is 2.17. The topological polar surface area (TPSA) is 101 Å². The number of rotatable bonds is 7. The molecule has 0 aliphatic rings. The minimum Gasteiger partial charge on any atom is -0.467 e. The van der Waals surface area contributed by atoms with Gasteiger partial charge >= 0.3 is 5.97 Å². The Labute approximate surface area is 155 Å². The second kappa shape index (κ2) is 9.19. The summed E-state index contributed by atoms with van der Waals surface area (Å²) in [5.74, 6) is -0.882. The van der Waals surface area contributed by atoms with Crippen LogP contribution in [0.1, 0.15) is 30.6 Å². The van der Waals surface area contributed by atoms with Gasteiger partial charge in [-0.3, -0.25) is 9.59 Å². The molecule has 0 aliphatic carbocycles. The third-order valence-electron chi connectivity index (χ3n) is 3.62. The van der Waals surface area contributed by atoms with Crippen LogP contribution in [-0.4, -0.2) is 34.2 Å². The van der Waals surface area contributed by atoms with Crippen molar-refractivity contribution in [2.24, 2.45) is 0 Å². The van der Waals surface area contributed by atoms with Crippen LogP contribution in [0.3, 0.4) is 0 Å². The van der Waals surface area contributed by atoms with Crippen molar-refractivity contribution in [2.45, 2.75) is 36.7 Å². The van der Waals surface area contributed by atoms with E-state index >= 15 is 0 Å². The number of amides is 1. The lowest BCUT2D eigenvalue weighted by atomic mass is 10.1. The predicted octanol–water partition coefficient (Wildman–Crippen LogP) is 1.98. The first-order chi connectivity index (χ1) is 12.4. The molecule has 0 saturated carbocycles. The van der Waals surface area contributed by atoms with Gasteiger partial charge in [0.25, 0.3) is 5.56 Å². The highest BCUT2D eigenvalue weighted by atomic mass is 32.2. The number of aromatic nitrogens is 2. The minimum atomic E-state index is -0.895. The number of hydrogen-bond acceptors (Lipinski definition) is 6. The van der Waals surface area contributed by atoms with Gasteiger partial charge in [-0.1, -0.05) is 49.0 Å². The Bertz CT molecular complexity index is 823. The molecule has 2 unspecified atom stereocenters. The third kappa shape index (κ3) is 5.19. The van der Waals surface area contributed by atoms with Gasteiger partial charge in [-0.15, -0.1) is 0 Å².